The van der Waals surface area contributed by atoms with Crippen LogP contribution in [-0.4, -0.2) is 22.7 Å². The standard InChI is InChI=1S/C18H25NO3/c20-17(12-18(21)10-3-4-11-18)19-13-14-6-1-2-9-16(14)22-15-7-5-8-15/h1-2,6,9,15,21H,3-5,7-8,10-13H2,(H,19,20). The van der Waals surface area contributed by atoms with Crippen LogP contribution in [0.15, 0.2) is 24.3 Å². The van der Waals surface area contributed by atoms with Crippen LogP contribution in [0.25, 0.3) is 0 Å². The van der Waals surface area contributed by atoms with Crippen molar-refractivity contribution < 1.29 is 14.6 Å². The number of amides is 1. The maximum atomic E-state index is 12.1. The van der Waals surface area contributed by atoms with Crippen molar-refractivity contribution in [3.05, 3.63) is 29.8 Å². The number of benzene rings is 1. The van der Waals surface area contributed by atoms with Gasteiger partial charge in [0.25, 0.3) is 0 Å². The van der Waals surface area contributed by atoms with Gasteiger partial charge in [0.1, 0.15) is 5.75 Å². The number of ether oxygens (including phenoxy) is 1. The van der Waals surface area contributed by atoms with Gasteiger partial charge in [0.2, 0.25) is 5.91 Å². The summed E-state index contributed by atoms with van der Waals surface area (Å²) in [6, 6.07) is 7.86. The summed E-state index contributed by atoms with van der Waals surface area (Å²) < 4.78 is 5.97. The summed E-state index contributed by atoms with van der Waals surface area (Å²) in [4.78, 5) is 12.1. The monoisotopic (exact) mass is 303 g/mol. The summed E-state index contributed by atoms with van der Waals surface area (Å²) in [7, 11) is 0. The summed E-state index contributed by atoms with van der Waals surface area (Å²) in [5.74, 6) is 0.787. The van der Waals surface area contributed by atoms with E-state index in [2.05, 4.69) is 5.32 Å². The lowest BCUT2D eigenvalue weighted by molar-refractivity contribution is -0.126. The van der Waals surface area contributed by atoms with Gasteiger partial charge < -0.3 is 15.2 Å². The number of hydrogen-bond acceptors (Lipinski definition) is 3. The van der Waals surface area contributed by atoms with Crippen LogP contribution >= 0.6 is 0 Å². The van der Waals surface area contributed by atoms with E-state index in [-0.39, 0.29) is 12.3 Å². The van der Waals surface area contributed by atoms with Crippen LogP contribution in [0, 0.1) is 0 Å². The second-order valence-electron chi connectivity index (χ2n) is 6.66. The molecule has 2 aliphatic carbocycles. The van der Waals surface area contributed by atoms with Crippen LogP contribution in [-0.2, 0) is 11.3 Å². The molecule has 2 aliphatic rings. The van der Waals surface area contributed by atoms with E-state index in [1.165, 1.54) is 6.42 Å². The highest BCUT2D eigenvalue weighted by Gasteiger charge is 2.33. The average Bonchev–Trinajstić information content (AvgIpc) is 2.88. The Morgan fingerprint density at radius 2 is 1.95 bits per heavy atom. The van der Waals surface area contributed by atoms with Crippen LogP contribution < -0.4 is 10.1 Å². The number of para-hydroxylation sites is 1. The van der Waals surface area contributed by atoms with Gasteiger partial charge in [-0.25, -0.2) is 0 Å². The molecular weight excluding hydrogens is 278 g/mol. The van der Waals surface area contributed by atoms with E-state index in [0.717, 1.165) is 49.8 Å². The predicted octanol–water partition coefficient (Wildman–Crippen LogP) is 2.93. The van der Waals surface area contributed by atoms with Gasteiger partial charge in [0.05, 0.1) is 18.1 Å². The van der Waals surface area contributed by atoms with Gasteiger partial charge in [-0.3, -0.25) is 4.79 Å². The molecule has 4 nitrogen and oxygen atoms in total. The maximum absolute atomic E-state index is 12.1. The Morgan fingerprint density at radius 3 is 2.64 bits per heavy atom. The zero-order valence-corrected chi connectivity index (χ0v) is 13.0. The van der Waals surface area contributed by atoms with E-state index >= 15 is 0 Å². The third kappa shape index (κ3) is 3.80. The zero-order chi connectivity index (χ0) is 15.4. The molecule has 1 amide bonds. The zero-order valence-electron chi connectivity index (χ0n) is 13.0. The second-order valence-corrected chi connectivity index (χ2v) is 6.66. The van der Waals surface area contributed by atoms with Crippen molar-refractivity contribution in [2.24, 2.45) is 0 Å². The molecule has 0 bridgehead atoms. The smallest absolute Gasteiger partial charge is 0.223 e. The van der Waals surface area contributed by atoms with Crippen LogP contribution in [0.4, 0.5) is 0 Å². The third-order valence-corrected chi connectivity index (χ3v) is 4.82. The molecule has 1 aromatic rings. The maximum Gasteiger partial charge on any atom is 0.223 e. The summed E-state index contributed by atoms with van der Waals surface area (Å²) in [5, 5.41) is 13.2. The predicted molar refractivity (Wildman–Crippen MR) is 84.6 cm³/mol. The van der Waals surface area contributed by atoms with E-state index in [0.29, 0.717) is 12.6 Å². The summed E-state index contributed by atoms with van der Waals surface area (Å²) in [6.45, 7) is 0.456. The fraction of sp³-hybridized carbons (Fsp3) is 0.611. The largest absolute Gasteiger partial charge is 0.490 e. The van der Waals surface area contributed by atoms with Crippen LogP contribution in [0.2, 0.25) is 0 Å². The first-order valence-electron chi connectivity index (χ1n) is 8.38. The molecule has 0 aromatic heterocycles. The van der Waals surface area contributed by atoms with Crippen molar-refractivity contribution in [2.45, 2.75) is 69.6 Å². The van der Waals surface area contributed by atoms with Crippen molar-refractivity contribution in [3.8, 4) is 5.75 Å². The number of carbonyl (C=O) groups excluding carboxylic acids is 1. The number of aliphatic hydroxyl groups is 1. The normalized spacial score (nSPS) is 20.4. The van der Waals surface area contributed by atoms with Gasteiger partial charge in [0.15, 0.2) is 0 Å². The molecule has 0 saturated heterocycles. The molecule has 0 spiro atoms. The van der Waals surface area contributed by atoms with Crippen molar-refractivity contribution in [1.82, 2.24) is 5.32 Å². The molecular formula is C18H25NO3. The molecule has 0 radical (unpaired) electrons. The third-order valence-electron chi connectivity index (χ3n) is 4.82. The van der Waals surface area contributed by atoms with E-state index < -0.39 is 5.60 Å². The van der Waals surface area contributed by atoms with Gasteiger partial charge in [-0.1, -0.05) is 31.0 Å². The first-order chi connectivity index (χ1) is 10.6. The van der Waals surface area contributed by atoms with Gasteiger partial charge in [-0.15, -0.1) is 0 Å². The van der Waals surface area contributed by atoms with Crippen molar-refractivity contribution in [1.29, 1.82) is 0 Å². The molecule has 2 fully saturated rings. The Kier molecular flexibility index (Phi) is 4.67. The first-order valence-corrected chi connectivity index (χ1v) is 8.38. The molecule has 2 N–H and O–H groups in total. The Hall–Kier alpha value is -1.55. The van der Waals surface area contributed by atoms with Crippen molar-refractivity contribution >= 4 is 5.91 Å². The Balaban J connectivity index is 1.53. The minimum atomic E-state index is -0.786. The first kappa shape index (κ1) is 15.3. The molecule has 120 valence electrons. The Morgan fingerprint density at radius 1 is 1.23 bits per heavy atom. The average molecular weight is 303 g/mol. The minimum Gasteiger partial charge on any atom is -0.490 e. The van der Waals surface area contributed by atoms with Gasteiger partial charge in [0, 0.05) is 12.1 Å². The van der Waals surface area contributed by atoms with Crippen LogP contribution in [0.5, 0.6) is 5.75 Å². The summed E-state index contributed by atoms with van der Waals surface area (Å²) in [5.41, 5.74) is 0.215. The van der Waals surface area contributed by atoms with E-state index in [1.807, 2.05) is 24.3 Å². The fourth-order valence-corrected chi connectivity index (χ4v) is 3.20. The lowest BCUT2D eigenvalue weighted by Gasteiger charge is -2.27. The Bertz CT molecular complexity index is 519. The van der Waals surface area contributed by atoms with Crippen LogP contribution in [0.3, 0.4) is 0 Å². The number of carbonyl (C=O) groups is 1. The molecule has 0 aliphatic heterocycles. The number of rotatable bonds is 6. The van der Waals surface area contributed by atoms with Crippen molar-refractivity contribution in [2.75, 3.05) is 0 Å². The van der Waals surface area contributed by atoms with E-state index in [1.54, 1.807) is 0 Å². The lowest BCUT2D eigenvalue weighted by atomic mass is 9.96. The fourth-order valence-electron chi connectivity index (χ4n) is 3.20. The molecule has 22 heavy (non-hydrogen) atoms. The minimum absolute atomic E-state index is 0.0807. The van der Waals surface area contributed by atoms with Crippen molar-refractivity contribution in [3.63, 3.8) is 0 Å². The molecule has 0 heterocycles. The van der Waals surface area contributed by atoms with Crippen LogP contribution in [0.1, 0.15) is 56.9 Å². The Labute approximate surface area is 131 Å². The molecule has 0 unspecified atom stereocenters. The highest BCUT2D eigenvalue weighted by atomic mass is 16.5. The van der Waals surface area contributed by atoms with Gasteiger partial charge in [-0.05, 0) is 38.2 Å². The van der Waals surface area contributed by atoms with Gasteiger partial charge in [-0.2, -0.15) is 0 Å². The van der Waals surface area contributed by atoms with Gasteiger partial charge >= 0.3 is 0 Å². The summed E-state index contributed by atoms with van der Waals surface area (Å²) in [6.07, 6.45) is 7.52. The molecule has 3 rings (SSSR count). The quantitative estimate of drug-likeness (QED) is 0.849. The second kappa shape index (κ2) is 6.69. The topological polar surface area (TPSA) is 58.6 Å². The molecule has 0 atom stereocenters. The van der Waals surface area contributed by atoms with E-state index in [9.17, 15) is 9.90 Å². The molecule has 2 saturated carbocycles. The number of hydrogen-bond donors (Lipinski definition) is 2. The lowest BCUT2D eigenvalue weighted by Crippen LogP contribution is -2.34. The van der Waals surface area contributed by atoms with E-state index in [4.69, 9.17) is 4.74 Å². The highest BCUT2D eigenvalue weighted by molar-refractivity contribution is 5.77. The number of nitrogens with one attached hydrogen (secondary N) is 1. The molecule has 4 heteroatoms. The highest BCUT2D eigenvalue weighted by Crippen LogP contribution is 2.32. The SMILES string of the molecule is O=C(CC1(O)CCCC1)NCc1ccccc1OC1CCC1. The molecule has 1 aromatic carbocycles. The summed E-state index contributed by atoms with van der Waals surface area (Å²) >= 11 is 0.